The molecule has 4 heteroatoms. The van der Waals surface area contributed by atoms with Crippen LogP contribution in [0.4, 0.5) is 0 Å². The predicted molar refractivity (Wildman–Crippen MR) is 38.7 cm³/mol. The average Bonchev–Trinajstić information content (AvgIpc) is 2.33. The lowest BCUT2D eigenvalue weighted by atomic mass is 10.5. The van der Waals surface area contributed by atoms with E-state index in [1.807, 2.05) is 0 Å². The van der Waals surface area contributed by atoms with Gasteiger partial charge >= 0.3 is 0 Å². The third-order valence-electron chi connectivity index (χ3n) is 1.47. The van der Waals surface area contributed by atoms with Crippen LogP contribution in [0.2, 0.25) is 0 Å². The lowest BCUT2D eigenvalue weighted by molar-refractivity contribution is -0.124. The number of amides is 1. The highest BCUT2D eigenvalue weighted by atomic mass is 16.2. The summed E-state index contributed by atoms with van der Waals surface area (Å²) in [7, 11) is 1.67. The van der Waals surface area contributed by atoms with Gasteiger partial charge in [0.2, 0.25) is 11.9 Å². The fourth-order valence-corrected chi connectivity index (χ4v) is 0.987. The number of carbonyl (C=O) groups excluding carboxylic acids is 1. The van der Waals surface area contributed by atoms with E-state index in [4.69, 9.17) is 0 Å². The van der Waals surface area contributed by atoms with Crippen LogP contribution in [0.25, 0.3) is 0 Å². The van der Waals surface area contributed by atoms with Crippen LogP contribution < -0.4 is 5.32 Å². The monoisotopic (exact) mass is 141 g/mol. The van der Waals surface area contributed by atoms with Crippen LogP contribution in [0.5, 0.6) is 0 Å². The maximum absolute atomic E-state index is 10.8. The second kappa shape index (κ2) is 2.68. The molecule has 0 aliphatic carbocycles. The quantitative estimate of drug-likeness (QED) is 0.490. The zero-order valence-electron chi connectivity index (χ0n) is 6.22. The molecule has 0 aromatic rings. The Bertz CT molecular complexity index is 176. The largest absolute Gasteiger partial charge is 0.354 e. The van der Waals surface area contributed by atoms with Crippen LogP contribution in [0.1, 0.15) is 6.92 Å². The van der Waals surface area contributed by atoms with Crippen molar-refractivity contribution in [3.63, 3.8) is 0 Å². The van der Waals surface area contributed by atoms with Crippen molar-refractivity contribution >= 4 is 11.9 Å². The van der Waals surface area contributed by atoms with Gasteiger partial charge in [-0.1, -0.05) is 0 Å². The molecular formula is C6H11N3O. The third-order valence-corrected chi connectivity index (χ3v) is 1.47. The molecule has 1 fully saturated rings. The molecule has 10 heavy (non-hydrogen) atoms. The smallest absolute Gasteiger partial charge is 0.226 e. The summed E-state index contributed by atoms with van der Waals surface area (Å²) in [6.45, 7) is 3.09. The molecule has 1 aliphatic rings. The Balaban J connectivity index is 2.68. The summed E-state index contributed by atoms with van der Waals surface area (Å²) >= 11 is 0. The molecule has 0 unspecified atom stereocenters. The molecule has 56 valence electrons. The van der Waals surface area contributed by atoms with Gasteiger partial charge in [-0.05, 0) is 0 Å². The number of carbonyl (C=O) groups is 1. The van der Waals surface area contributed by atoms with Crippen LogP contribution in [0.15, 0.2) is 4.99 Å². The Morgan fingerprint density at radius 1 is 1.80 bits per heavy atom. The molecule has 0 aromatic carbocycles. The molecular weight excluding hydrogens is 130 g/mol. The fourth-order valence-electron chi connectivity index (χ4n) is 0.987. The van der Waals surface area contributed by atoms with Crippen molar-refractivity contribution in [1.82, 2.24) is 10.2 Å². The maximum Gasteiger partial charge on any atom is 0.226 e. The minimum Gasteiger partial charge on any atom is -0.354 e. The van der Waals surface area contributed by atoms with Crippen molar-refractivity contribution in [3.05, 3.63) is 0 Å². The Hall–Kier alpha value is -1.06. The first-order valence-corrected chi connectivity index (χ1v) is 3.24. The van der Waals surface area contributed by atoms with E-state index in [-0.39, 0.29) is 5.91 Å². The average molecular weight is 141 g/mol. The first kappa shape index (κ1) is 7.05. The number of hydrogen-bond acceptors (Lipinski definition) is 2. The highest BCUT2D eigenvalue weighted by molar-refractivity contribution is 5.97. The normalized spacial score (nSPS) is 21.4. The van der Waals surface area contributed by atoms with E-state index >= 15 is 0 Å². The summed E-state index contributed by atoms with van der Waals surface area (Å²) in [4.78, 5) is 16.3. The van der Waals surface area contributed by atoms with Gasteiger partial charge in [-0.25, -0.2) is 0 Å². The second-order valence-electron chi connectivity index (χ2n) is 2.14. The van der Waals surface area contributed by atoms with Crippen LogP contribution in [0.3, 0.4) is 0 Å². The lowest BCUT2D eigenvalue weighted by Gasteiger charge is -2.11. The van der Waals surface area contributed by atoms with Crippen LogP contribution in [-0.4, -0.2) is 36.9 Å². The zero-order valence-corrected chi connectivity index (χ0v) is 6.22. The Morgan fingerprint density at radius 2 is 2.50 bits per heavy atom. The second-order valence-corrected chi connectivity index (χ2v) is 2.14. The highest BCUT2D eigenvalue weighted by Gasteiger charge is 2.19. The van der Waals surface area contributed by atoms with Crippen LogP contribution >= 0.6 is 0 Å². The minimum atomic E-state index is 0.0469. The van der Waals surface area contributed by atoms with E-state index in [0.717, 1.165) is 13.1 Å². The van der Waals surface area contributed by atoms with Crippen LogP contribution in [-0.2, 0) is 4.79 Å². The summed E-state index contributed by atoms with van der Waals surface area (Å²) in [6, 6.07) is 0. The van der Waals surface area contributed by atoms with E-state index in [0.29, 0.717) is 5.96 Å². The zero-order chi connectivity index (χ0) is 7.56. The summed E-state index contributed by atoms with van der Waals surface area (Å²) in [5.41, 5.74) is 0. The Morgan fingerprint density at radius 3 is 2.90 bits per heavy atom. The maximum atomic E-state index is 10.8. The standard InChI is InChI=1S/C6H11N3O/c1-5(10)9-4-3-8-6(9)7-2/h3-4H2,1-2H3,(H,7,8). The number of nitrogens with one attached hydrogen (secondary N) is 1. The predicted octanol–water partition coefficient (Wildman–Crippen LogP) is -0.576. The van der Waals surface area contributed by atoms with Gasteiger partial charge < -0.3 is 5.32 Å². The summed E-state index contributed by atoms with van der Waals surface area (Å²) in [6.07, 6.45) is 0. The number of aliphatic imine (C=N–C) groups is 1. The molecule has 0 atom stereocenters. The van der Waals surface area contributed by atoms with Gasteiger partial charge in [-0.2, -0.15) is 0 Å². The van der Waals surface area contributed by atoms with Crippen molar-refractivity contribution in [2.75, 3.05) is 20.1 Å². The molecule has 1 rings (SSSR count). The van der Waals surface area contributed by atoms with Gasteiger partial charge in [0.25, 0.3) is 0 Å². The number of guanidine groups is 1. The Kier molecular flexibility index (Phi) is 1.89. The summed E-state index contributed by atoms with van der Waals surface area (Å²) in [5, 5.41) is 2.99. The van der Waals surface area contributed by atoms with E-state index in [9.17, 15) is 4.79 Å². The van der Waals surface area contributed by atoms with Crippen molar-refractivity contribution in [2.45, 2.75) is 6.92 Å². The lowest BCUT2D eigenvalue weighted by Crippen LogP contribution is -2.33. The molecule has 1 saturated heterocycles. The molecule has 1 aliphatic heterocycles. The van der Waals surface area contributed by atoms with Crippen molar-refractivity contribution in [3.8, 4) is 0 Å². The number of hydrogen-bond donors (Lipinski definition) is 1. The van der Waals surface area contributed by atoms with Gasteiger partial charge in [0.05, 0.1) is 0 Å². The van der Waals surface area contributed by atoms with Gasteiger partial charge in [-0.3, -0.25) is 14.7 Å². The third kappa shape index (κ3) is 1.10. The molecule has 0 radical (unpaired) electrons. The molecule has 1 heterocycles. The molecule has 1 N–H and O–H groups in total. The number of rotatable bonds is 0. The van der Waals surface area contributed by atoms with Crippen molar-refractivity contribution < 1.29 is 4.79 Å². The number of nitrogens with zero attached hydrogens (tertiary/aromatic N) is 2. The van der Waals surface area contributed by atoms with Crippen LogP contribution in [0, 0.1) is 0 Å². The summed E-state index contributed by atoms with van der Waals surface area (Å²) in [5.74, 6) is 0.734. The van der Waals surface area contributed by atoms with E-state index < -0.39 is 0 Å². The van der Waals surface area contributed by atoms with Gasteiger partial charge in [0.15, 0.2) is 0 Å². The molecule has 0 spiro atoms. The molecule has 0 aromatic heterocycles. The first-order chi connectivity index (χ1) is 4.75. The topological polar surface area (TPSA) is 44.7 Å². The van der Waals surface area contributed by atoms with E-state index in [1.54, 1.807) is 11.9 Å². The summed E-state index contributed by atoms with van der Waals surface area (Å²) < 4.78 is 0. The molecule has 0 bridgehead atoms. The minimum absolute atomic E-state index is 0.0469. The van der Waals surface area contributed by atoms with Gasteiger partial charge in [0, 0.05) is 27.1 Å². The van der Waals surface area contributed by atoms with E-state index in [1.165, 1.54) is 6.92 Å². The fraction of sp³-hybridized carbons (Fsp3) is 0.667. The first-order valence-electron chi connectivity index (χ1n) is 3.24. The van der Waals surface area contributed by atoms with Gasteiger partial charge in [0.1, 0.15) is 0 Å². The molecule has 4 nitrogen and oxygen atoms in total. The van der Waals surface area contributed by atoms with Crippen molar-refractivity contribution in [2.24, 2.45) is 4.99 Å². The molecule has 0 saturated carbocycles. The SMILES string of the molecule is CN=C1NCCN1C(C)=O. The Labute approximate surface area is 59.9 Å². The molecule has 1 amide bonds. The van der Waals surface area contributed by atoms with Crippen molar-refractivity contribution in [1.29, 1.82) is 0 Å². The van der Waals surface area contributed by atoms with Gasteiger partial charge in [-0.15, -0.1) is 0 Å². The van der Waals surface area contributed by atoms with E-state index in [2.05, 4.69) is 10.3 Å². The highest BCUT2D eigenvalue weighted by Crippen LogP contribution is 1.95.